The van der Waals surface area contributed by atoms with Gasteiger partial charge >= 0.3 is 0 Å². The Bertz CT molecular complexity index is 333. The molecule has 0 bridgehead atoms. The van der Waals surface area contributed by atoms with Crippen LogP contribution in [-0.4, -0.2) is 10.8 Å². The zero-order valence-electron chi connectivity index (χ0n) is 6.67. The number of aryl methyl sites for hydroxylation is 1. The summed E-state index contributed by atoms with van der Waals surface area (Å²) in [5.41, 5.74) is 1.43. The molecule has 1 aromatic heterocycles. The summed E-state index contributed by atoms with van der Waals surface area (Å²) < 4.78 is 0.906. The Hall–Kier alpha value is -0.960. The third kappa shape index (κ3) is 1.80. The maximum absolute atomic E-state index is 11.1. The van der Waals surface area contributed by atoms with Gasteiger partial charge in [-0.15, -0.1) is 0 Å². The lowest BCUT2D eigenvalue weighted by Gasteiger charge is -1.98. The third-order valence-corrected chi connectivity index (χ3v) is 2.31. The Morgan fingerprint density at radius 1 is 1.75 bits per heavy atom. The molecule has 1 aromatic rings. The molecule has 2 nitrogen and oxygen atoms in total. The number of hydrogen-bond donors (Lipinski definition) is 0. The van der Waals surface area contributed by atoms with Crippen molar-refractivity contribution in [1.29, 1.82) is 0 Å². The molecule has 1 heterocycles. The molecule has 0 aliphatic carbocycles. The number of rotatable bonds is 2. The number of aromatic nitrogens is 1. The predicted molar refractivity (Wildman–Crippen MR) is 51.2 cm³/mol. The summed E-state index contributed by atoms with van der Waals surface area (Å²) in [4.78, 5) is 15.0. The molecule has 62 valence electrons. The number of carbonyl (C=O) groups excluding carboxylic acids is 1. The van der Waals surface area contributed by atoms with E-state index in [9.17, 15) is 4.79 Å². The van der Waals surface area contributed by atoms with E-state index in [0.717, 1.165) is 10.0 Å². The first-order valence-corrected chi connectivity index (χ1v) is 4.23. The van der Waals surface area contributed by atoms with E-state index in [1.165, 1.54) is 6.08 Å². The highest BCUT2D eigenvalue weighted by Gasteiger charge is 2.03. The van der Waals surface area contributed by atoms with Gasteiger partial charge in [0.05, 0.1) is 0 Å². The first kappa shape index (κ1) is 9.13. The number of carbonyl (C=O) groups is 1. The van der Waals surface area contributed by atoms with Crippen molar-refractivity contribution in [3.05, 3.63) is 40.6 Å². The maximum Gasteiger partial charge on any atom is 0.203 e. The molecule has 0 aliphatic heterocycles. The second-order valence-electron chi connectivity index (χ2n) is 2.39. The first-order valence-electron chi connectivity index (χ1n) is 3.44. The number of allylic oxidation sites excluding steroid dienone is 1. The van der Waals surface area contributed by atoms with Crippen LogP contribution < -0.4 is 0 Å². The van der Waals surface area contributed by atoms with E-state index in [1.54, 1.807) is 12.3 Å². The molecule has 0 unspecified atom stereocenters. The summed E-state index contributed by atoms with van der Waals surface area (Å²) >= 11 is 3.30. The quantitative estimate of drug-likeness (QED) is 0.572. The van der Waals surface area contributed by atoms with Crippen molar-refractivity contribution in [3.8, 4) is 0 Å². The van der Waals surface area contributed by atoms with Gasteiger partial charge in [-0.05, 0) is 40.6 Å². The lowest BCUT2D eigenvalue weighted by Crippen LogP contribution is -1.98. The second kappa shape index (κ2) is 3.63. The van der Waals surface area contributed by atoms with Crippen molar-refractivity contribution >= 4 is 21.7 Å². The second-order valence-corrected chi connectivity index (χ2v) is 3.24. The zero-order chi connectivity index (χ0) is 9.14. The minimum absolute atomic E-state index is 0.148. The van der Waals surface area contributed by atoms with Gasteiger partial charge in [-0.3, -0.25) is 9.78 Å². The van der Waals surface area contributed by atoms with E-state index in [4.69, 9.17) is 0 Å². The van der Waals surface area contributed by atoms with Gasteiger partial charge in [0.1, 0.15) is 5.69 Å². The largest absolute Gasteiger partial charge is 0.288 e. The minimum Gasteiger partial charge on any atom is -0.288 e. The monoisotopic (exact) mass is 225 g/mol. The average molecular weight is 226 g/mol. The predicted octanol–water partition coefficient (Wildman–Crippen LogP) is 2.52. The van der Waals surface area contributed by atoms with Gasteiger partial charge in [0.2, 0.25) is 5.78 Å². The Morgan fingerprint density at radius 3 is 2.92 bits per heavy atom. The van der Waals surface area contributed by atoms with Gasteiger partial charge in [0.15, 0.2) is 0 Å². The molecule has 0 N–H and O–H groups in total. The van der Waals surface area contributed by atoms with Gasteiger partial charge < -0.3 is 0 Å². The van der Waals surface area contributed by atoms with Crippen LogP contribution >= 0.6 is 15.9 Å². The van der Waals surface area contributed by atoms with Crippen LogP contribution in [0.2, 0.25) is 0 Å². The summed E-state index contributed by atoms with van der Waals surface area (Å²) in [5.74, 6) is -0.148. The Morgan fingerprint density at radius 2 is 2.42 bits per heavy atom. The number of halogens is 1. The standard InChI is InChI=1S/C9H8BrNO/c1-3-9(12)8-4-6(2)7(10)5-11-8/h3-5H,1H2,2H3. The SMILES string of the molecule is C=CC(=O)c1cc(C)c(Br)cn1. The van der Waals surface area contributed by atoms with Crippen LogP contribution in [0.1, 0.15) is 16.1 Å². The van der Waals surface area contributed by atoms with Gasteiger partial charge in [-0.1, -0.05) is 6.58 Å². The van der Waals surface area contributed by atoms with Crippen LogP contribution in [0.3, 0.4) is 0 Å². The van der Waals surface area contributed by atoms with E-state index in [1.807, 2.05) is 6.92 Å². The van der Waals surface area contributed by atoms with Crippen molar-refractivity contribution in [3.63, 3.8) is 0 Å². The summed E-state index contributed by atoms with van der Waals surface area (Å²) in [6.45, 7) is 5.30. The zero-order valence-corrected chi connectivity index (χ0v) is 8.26. The van der Waals surface area contributed by atoms with E-state index in [0.29, 0.717) is 5.69 Å². The number of hydrogen-bond acceptors (Lipinski definition) is 2. The van der Waals surface area contributed by atoms with Gasteiger partial charge in [0.25, 0.3) is 0 Å². The highest BCUT2D eigenvalue weighted by molar-refractivity contribution is 9.10. The van der Waals surface area contributed by atoms with Crippen molar-refractivity contribution in [1.82, 2.24) is 4.98 Å². The molecule has 0 atom stereocenters. The van der Waals surface area contributed by atoms with Crippen molar-refractivity contribution in [2.75, 3.05) is 0 Å². The van der Waals surface area contributed by atoms with Gasteiger partial charge in [-0.25, -0.2) is 0 Å². The van der Waals surface area contributed by atoms with Crippen LogP contribution in [0.25, 0.3) is 0 Å². The third-order valence-electron chi connectivity index (χ3n) is 1.48. The van der Waals surface area contributed by atoms with Crippen molar-refractivity contribution < 1.29 is 4.79 Å². The molecular weight excluding hydrogens is 218 g/mol. The Labute approximate surface area is 79.5 Å². The van der Waals surface area contributed by atoms with Crippen LogP contribution in [0.5, 0.6) is 0 Å². The molecule has 0 radical (unpaired) electrons. The lowest BCUT2D eigenvalue weighted by molar-refractivity contribution is 0.104. The van der Waals surface area contributed by atoms with Crippen LogP contribution in [0.15, 0.2) is 29.4 Å². The topological polar surface area (TPSA) is 30.0 Å². The van der Waals surface area contributed by atoms with Crippen LogP contribution in [0.4, 0.5) is 0 Å². The van der Waals surface area contributed by atoms with Crippen molar-refractivity contribution in [2.45, 2.75) is 6.92 Å². The molecule has 0 saturated heterocycles. The smallest absolute Gasteiger partial charge is 0.203 e. The van der Waals surface area contributed by atoms with E-state index < -0.39 is 0 Å². The molecular formula is C9H8BrNO. The Balaban J connectivity index is 3.13. The van der Waals surface area contributed by atoms with Gasteiger partial charge in [0, 0.05) is 10.7 Å². The molecule has 0 amide bonds. The highest BCUT2D eigenvalue weighted by atomic mass is 79.9. The molecule has 0 saturated carbocycles. The molecule has 12 heavy (non-hydrogen) atoms. The fraction of sp³-hybridized carbons (Fsp3) is 0.111. The van der Waals surface area contributed by atoms with Crippen LogP contribution in [-0.2, 0) is 0 Å². The molecule has 0 spiro atoms. The molecule has 0 aromatic carbocycles. The maximum atomic E-state index is 11.1. The molecule has 3 heteroatoms. The fourth-order valence-electron chi connectivity index (χ4n) is 0.779. The van der Waals surface area contributed by atoms with E-state index in [-0.39, 0.29) is 5.78 Å². The number of pyridine rings is 1. The summed E-state index contributed by atoms with van der Waals surface area (Å²) in [6, 6.07) is 1.73. The summed E-state index contributed by atoms with van der Waals surface area (Å²) in [7, 11) is 0. The minimum atomic E-state index is -0.148. The van der Waals surface area contributed by atoms with E-state index >= 15 is 0 Å². The van der Waals surface area contributed by atoms with Gasteiger partial charge in [-0.2, -0.15) is 0 Å². The van der Waals surface area contributed by atoms with Crippen molar-refractivity contribution in [2.24, 2.45) is 0 Å². The van der Waals surface area contributed by atoms with E-state index in [2.05, 4.69) is 27.5 Å². The van der Waals surface area contributed by atoms with Crippen LogP contribution in [0, 0.1) is 6.92 Å². The summed E-state index contributed by atoms with van der Waals surface area (Å²) in [5, 5.41) is 0. The lowest BCUT2D eigenvalue weighted by atomic mass is 10.2. The summed E-state index contributed by atoms with van der Waals surface area (Å²) in [6.07, 6.45) is 2.88. The molecule has 0 aliphatic rings. The first-order chi connectivity index (χ1) is 5.65. The molecule has 0 fully saturated rings. The highest BCUT2D eigenvalue weighted by Crippen LogP contribution is 2.14. The Kier molecular flexibility index (Phi) is 2.76. The number of ketones is 1. The number of nitrogens with zero attached hydrogens (tertiary/aromatic N) is 1. The normalized spacial score (nSPS) is 9.50. The fourth-order valence-corrected chi connectivity index (χ4v) is 0.995. The average Bonchev–Trinajstić information content (AvgIpc) is 2.08. The molecule has 1 rings (SSSR count).